The van der Waals surface area contributed by atoms with Crippen molar-refractivity contribution in [3.8, 4) is 0 Å². The zero-order valence-electron chi connectivity index (χ0n) is 10.0. The molecule has 0 unspecified atom stereocenters. The monoisotopic (exact) mass is 266 g/mol. The van der Waals surface area contributed by atoms with Gasteiger partial charge in [-0.25, -0.2) is 0 Å². The molecule has 0 amide bonds. The Morgan fingerprint density at radius 1 is 1.00 bits per heavy atom. The molecule has 0 aliphatic carbocycles. The number of nitrogens with two attached hydrogens (primary N) is 1. The van der Waals surface area contributed by atoms with Gasteiger partial charge in [0.15, 0.2) is 0 Å². The fraction of sp³-hybridized carbons (Fsp3) is 0.143. The molecule has 0 heterocycles. The van der Waals surface area contributed by atoms with Crippen LogP contribution in [0.25, 0.3) is 0 Å². The number of nitrogens with one attached hydrogen (secondary N) is 1. The summed E-state index contributed by atoms with van der Waals surface area (Å²) in [5.74, 6) is 0. The molecular formula is C14H13F3N2. The molecule has 5 heteroatoms. The summed E-state index contributed by atoms with van der Waals surface area (Å²) in [5.41, 5.74) is 5.69. The van der Waals surface area contributed by atoms with Crippen molar-refractivity contribution in [2.24, 2.45) is 0 Å². The maximum Gasteiger partial charge on any atom is 0.418 e. The summed E-state index contributed by atoms with van der Waals surface area (Å²) in [6.07, 6.45) is -4.42. The third kappa shape index (κ3) is 3.40. The van der Waals surface area contributed by atoms with Gasteiger partial charge in [0.05, 0.1) is 5.56 Å². The van der Waals surface area contributed by atoms with E-state index in [1.54, 1.807) is 0 Å². The van der Waals surface area contributed by atoms with E-state index in [2.05, 4.69) is 5.32 Å². The lowest BCUT2D eigenvalue weighted by molar-refractivity contribution is -0.136. The first kappa shape index (κ1) is 13.3. The molecule has 0 fully saturated rings. The van der Waals surface area contributed by atoms with E-state index in [1.807, 2.05) is 30.3 Å². The minimum absolute atomic E-state index is 0.0329. The second-order valence-electron chi connectivity index (χ2n) is 4.14. The highest BCUT2D eigenvalue weighted by Crippen LogP contribution is 2.36. The molecule has 2 nitrogen and oxygen atoms in total. The van der Waals surface area contributed by atoms with Crippen molar-refractivity contribution in [3.05, 3.63) is 59.7 Å². The van der Waals surface area contributed by atoms with Gasteiger partial charge in [0.1, 0.15) is 0 Å². The van der Waals surface area contributed by atoms with Gasteiger partial charge >= 0.3 is 6.18 Å². The number of nitrogen functional groups attached to an aromatic ring is 1. The number of hydrogen-bond donors (Lipinski definition) is 2. The maximum atomic E-state index is 12.9. The molecule has 0 aromatic heterocycles. The lowest BCUT2D eigenvalue weighted by Crippen LogP contribution is -2.11. The molecule has 19 heavy (non-hydrogen) atoms. The van der Waals surface area contributed by atoms with Gasteiger partial charge in [-0.3, -0.25) is 0 Å². The molecule has 3 N–H and O–H groups in total. The SMILES string of the molecule is Nc1ccc(NCc2ccccc2)c(C(F)(F)F)c1. The fourth-order valence-corrected chi connectivity index (χ4v) is 1.74. The Hall–Kier alpha value is -2.17. The van der Waals surface area contributed by atoms with Gasteiger partial charge < -0.3 is 11.1 Å². The molecule has 2 aromatic carbocycles. The Labute approximate surface area is 109 Å². The van der Waals surface area contributed by atoms with Crippen LogP contribution in [0.3, 0.4) is 0 Å². The average molecular weight is 266 g/mol. The zero-order valence-corrected chi connectivity index (χ0v) is 10.0. The number of alkyl halides is 3. The molecule has 2 aromatic rings. The topological polar surface area (TPSA) is 38.0 Å². The predicted octanol–water partition coefficient (Wildman–Crippen LogP) is 3.90. The molecule has 100 valence electrons. The van der Waals surface area contributed by atoms with Crippen LogP contribution < -0.4 is 11.1 Å². The molecule has 0 saturated heterocycles. The minimum Gasteiger partial charge on any atom is -0.399 e. The Kier molecular flexibility index (Phi) is 3.64. The molecule has 0 aliphatic heterocycles. The van der Waals surface area contributed by atoms with Crippen LogP contribution in [0, 0.1) is 0 Å². The molecule has 0 radical (unpaired) electrons. The Morgan fingerprint density at radius 2 is 1.68 bits per heavy atom. The molecular weight excluding hydrogens is 253 g/mol. The summed E-state index contributed by atoms with van der Waals surface area (Å²) in [4.78, 5) is 0. The minimum atomic E-state index is -4.42. The van der Waals surface area contributed by atoms with Gasteiger partial charge in [-0.15, -0.1) is 0 Å². The van der Waals surface area contributed by atoms with E-state index in [4.69, 9.17) is 5.73 Å². The molecule has 0 atom stereocenters. The van der Waals surface area contributed by atoms with Crippen molar-refractivity contribution >= 4 is 11.4 Å². The largest absolute Gasteiger partial charge is 0.418 e. The van der Waals surface area contributed by atoms with Crippen molar-refractivity contribution < 1.29 is 13.2 Å². The highest BCUT2D eigenvalue weighted by molar-refractivity contribution is 5.59. The van der Waals surface area contributed by atoms with Crippen molar-refractivity contribution in [2.75, 3.05) is 11.1 Å². The number of halogens is 3. The van der Waals surface area contributed by atoms with Crippen LogP contribution in [-0.2, 0) is 12.7 Å². The van der Waals surface area contributed by atoms with Crippen LogP contribution in [0.15, 0.2) is 48.5 Å². The number of rotatable bonds is 3. The number of anilines is 2. The molecule has 2 rings (SSSR count). The van der Waals surface area contributed by atoms with Crippen molar-refractivity contribution in [1.29, 1.82) is 0 Å². The van der Waals surface area contributed by atoms with Gasteiger partial charge in [-0.05, 0) is 23.8 Å². The molecule has 0 bridgehead atoms. The van der Waals surface area contributed by atoms with E-state index >= 15 is 0 Å². The molecule has 0 saturated carbocycles. The normalized spacial score (nSPS) is 11.3. The molecule has 0 aliphatic rings. The van der Waals surface area contributed by atoms with E-state index in [1.165, 1.54) is 12.1 Å². The van der Waals surface area contributed by atoms with E-state index in [-0.39, 0.29) is 11.4 Å². The second-order valence-corrected chi connectivity index (χ2v) is 4.14. The summed E-state index contributed by atoms with van der Waals surface area (Å²) in [7, 11) is 0. The summed E-state index contributed by atoms with van der Waals surface area (Å²) in [6, 6.07) is 13.0. The average Bonchev–Trinajstić information content (AvgIpc) is 2.37. The van der Waals surface area contributed by atoms with E-state index < -0.39 is 11.7 Å². The lowest BCUT2D eigenvalue weighted by Gasteiger charge is -2.15. The molecule has 0 spiro atoms. The van der Waals surface area contributed by atoms with Gasteiger partial charge in [0.25, 0.3) is 0 Å². The quantitative estimate of drug-likeness (QED) is 0.827. The summed E-state index contributed by atoms with van der Waals surface area (Å²) < 4.78 is 38.6. The van der Waals surface area contributed by atoms with E-state index in [0.29, 0.717) is 6.54 Å². The van der Waals surface area contributed by atoms with Crippen LogP contribution in [0.4, 0.5) is 24.5 Å². The highest BCUT2D eigenvalue weighted by atomic mass is 19.4. The van der Waals surface area contributed by atoms with Crippen LogP contribution in [0.1, 0.15) is 11.1 Å². The summed E-state index contributed by atoms with van der Waals surface area (Å²) in [6.45, 7) is 0.327. The third-order valence-electron chi connectivity index (χ3n) is 2.67. The summed E-state index contributed by atoms with van der Waals surface area (Å²) >= 11 is 0. The summed E-state index contributed by atoms with van der Waals surface area (Å²) in [5, 5.41) is 2.79. The van der Waals surface area contributed by atoms with Gasteiger partial charge in [-0.1, -0.05) is 30.3 Å². The van der Waals surface area contributed by atoms with E-state index in [0.717, 1.165) is 11.6 Å². The highest BCUT2D eigenvalue weighted by Gasteiger charge is 2.33. The van der Waals surface area contributed by atoms with Crippen molar-refractivity contribution in [2.45, 2.75) is 12.7 Å². The van der Waals surface area contributed by atoms with Crippen molar-refractivity contribution in [1.82, 2.24) is 0 Å². The first-order valence-corrected chi connectivity index (χ1v) is 5.71. The number of hydrogen-bond acceptors (Lipinski definition) is 2. The number of benzene rings is 2. The van der Waals surface area contributed by atoms with Crippen molar-refractivity contribution in [3.63, 3.8) is 0 Å². The maximum absolute atomic E-state index is 12.9. The third-order valence-corrected chi connectivity index (χ3v) is 2.67. The van der Waals surface area contributed by atoms with Crippen LogP contribution >= 0.6 is 0 Å². The second kappa shape index (κ2) is 5.22. The predicted molar refractivity (Wildman–Crippen MR) is 69.6 cm³/mol. The van der Waals surface area contributed by atoms with Gasteiger partial charge in [-0.2, -0.15) is 13.2 Å². The van der Waals surface area contributed by atoms with Crippen LogP contribution in [-0.4, -0.2) is 0 Å². The van der Waals surface area contributed by atoms with Crippen LogP contribution in [0.5, 0.6) is 0 Å². The van der Waals surface area contributed by atoms with Gasteiger partial charge in [0.2, 0.25) is 0 Å². The first-order chi connectivity index (χ1) is 8.97. The fourth-order valence-electron chi connectivity index (χ4n) is 1.74. The van der Waals surface area contributed by atoms with Gasteiger partial charge in [0, 0.05) is 17.9 Å². The lowest BCUT2D eigenvalue weighted by atomic mass is 10.1. The smallest absolute Gasteiger partial charge is 0.399 e. The first-order valence-electron chi connectivity index (χ1n) is 5.71. The Balaban J connectivity index is 2.21. The Morgan fingerprint density at radius 3 is 2.32 bits per heavy atom. The standard InChI is InChI=1S/C14H13F3N2/c15-14(16,17)12-8-11(18)6-7-13(12)19-9-10-4-2-1-3-5-10/h1-8,19H,9,18H2. The Bertz CT molecular complexity index is 550. The zero-order chi connectivity index (χ0) is 13.9. The van der Waals surface area contributed by atoms with Crippen LogP contribution in [0.2, 0.25) is 0 Å². The van der Waals surface area contributed by atoms with E-state index in [9.17, 15) is 13.2 Å².